The van der Waals surface area contributed by atoms with E-state index in [2.05, 4.69) is 38.7 Å². The van der Waals surface area contributed by atoms with Crippen LogP contribution in [0, 0.1) is 0 Å². The number of nitrogens with two attached hydrogens (primary N) is 1. The predicted molar refractivity (Wildman–Crippen MR) is 95.9 cm³/mol. The van der Waals surface area contributed by atoms with Crippen molar-refractivity contribution in [3.8, 4) is 5.75 Å². The SMILES string of the molecule is NC(=S)NN=Cc1cc(Br)ccc1OS(=O)(=O)c1ccccc1. The number of halogens is 1. The minimum Gasteiger partial charge on any atom is -0.378 e. The van der Waals surface area contributed by atoms with Crippen molar-refractivity contribution in [1.29, 1.82) is 0 Å². The van der Waals surface area contributed by atoms with Gasteiger partial charge in [0.15, 0.2) is 10.9 Å². The Morgan fingerprint density at radius 2 is 1.96 bits per heavy atom. The van der Waals surface area contributed by atoms with Crippen LogP contribution >= 0.6 is 28.1 Å². The molecule has 0 saturated carbocycles. The maximum atomic E-state index is 12.3. The summed E-state index contributed by atoms with van der Waals surface area (Å²) in [4.78, 5) is 0.0621. The van der Waals surface area contributed by atoms with E-state index in [1.165, 1.54) is 24.4 Å². The highest BCUT2D eigenvalue weighted by Crippen LogP contribution is 2.25. The molecule has 0 radical (unpaired) electrons. The number of rotatable bonds is 5. The van der Waals surface area contributed by atoms with Crippen molar-refractivity contribution in [2.45, 2.75) is 4.90 Å². The second-order valence-corrected chi connectivity index (χ2v) is 7.17. The molecule has 9 heteroatoms. The lowest BCUT2D eigenvalue weighted by Gasteiger charge is -2.09. The average Bonchev–Trinajstić information content (AvgIpc) is 2.50. The van der Waals surface area contributed by atoms with Crippen molar-refractivity contribution < 1.29 is 12.6 Å². The standard InChI is InChI=1S/C14H12BrN3O3S2/c15-11-6-7-13(10(8-11)9-17-18-14(16)22)21-23(19,20)12-4-2-1-3-5-12/h1-9H,(H3,16,18,22). The summed E-state index contributed by atoms with van der Waals surface area (Å²) in [5, 5.41) is 3.80. The van der Waals surface area contributed by atoms with E-state index < -0.39 is 10.1 Å². The van der Waals surface area contributed by atoms with Gasteiger partial charge in [0, 0.05) is 10.0 Å². The van der Waals surface area contributed by atoms with E-state index in [-0.39, 0.29) is 15.8 Å². The Hall–Kier alpha value is -1.97. The molecule has 6 nitrogen and oxygen atoms in total. The first-order chi connectivity index (χ1) is 10.9. The Balaban J connectivity index is 2.33. The second kappa shape index (κ2) is 7.53. The van der Waals surface area contributed by atoms with Crippen LogP contribution in [-0.4, -0.2) is 19.7 Å². The van der Waals surface area contributed by atoms with E-state index in [9.17, 15) is 8.42 Å². The lowest BCUT2D eigenvalue weighted by Crippen LogP contribution is -2.24. The van der Waals surface area contributed by atoms with Crippen LogP contribution in [-0.2, 0) is 10.1 Å². The Labute approximate surface area is 147 Å². The van der Waals surface area contributed by atoms with Gasteiger partial charge in [-0.1, -0.05) is 34.1 Å². The minimum absolute atomic E-state index is 0.00405. The van der Waals surface area contributed by atoms with Crippen LogP contribution in [0.1, 0.15) is 5.56 Å². The molecular formula is C14H12BrN3O3S2. The maximum absolute atomic E-state index is 12.3. The molecule has 0 saturated heterocycles. The van der Waals surface area contributed by atoms with Gasteiger partial charge in [-0.15, -0.1) is 0 Å². The van der Waals surface area contributed by atoms with Crippen molar-refractivity contribution in [3.05, 3.63) is 58.6 Å². The van der Waals surface area contributed by atoms with E-state index in [1.807, 2.05) is 0 Å². The predicted octanol–water partition coefficient (Wildman–Crippen LogP) is 2.38. The summed E-state index contributed by atoms with van der Waals surface area (Å²) in [5.41, 5.74) is 8.10. The van der Waals surface area contributed by atoms with Gasteiger partial charge in [0.25, 0.3) is 0 Å². The van der Waals surface area contributed by atoms with Crippen LogP contribution in [0.5, 0.6) is 5.75 Å². The third-order valence-corrected chi connectivity index (χ3v) is 4.41. The van der Waals surface area contributed by atoms with Crippen LogP contribution in [0.25, 0.3) is 0 Å². The fraction of sp³-hybridized carbons (Fsp3) is 0. The van der Waals surface area contributed by atoms with Gasteiger partial charge in [0.05, 0.1) is 6.21 Å². The van der Waals surface area contributed by atoms with E-state index >= 15 is 0 Å². The Morgan fingerprint density at radius 1 is 1.26 bits per heavy atom. The molecule has 0 aromatic heterocycles. The number of hydrogen-bond donors (Lipinski definition) is 2. The van der Waals surface area contributed by atoms with Crippen LogP contribution in [0.2, 0.25) is 0 Å². The molecule has 2 aromatic rings. The van der Waals surface area contributed by atoms with Gasteiger partial charge < -0.3 is 9.92 Å². The molecule has 3 N–H and O–H groups in total. The van der Waals surface area contributed by atoms with Gasteiger partial charge in [0.2, 0.25) is 0 Å². The van der Waals surface area contributed by atoms with Gasteiger partial charge in [0.1, 0.15) is 4.90 Å². The third kappa shape index (κ3) is 5.02. The number of thiocarbonyl (C=S) groups is 1. The summed E-state index contributed by atoms with van der Waals surface area (Å²) in [7, 11) is -3.94. The van der Waals surface area contributed by atoms with Crippen LogP contribution in [0.15, 0.2) is 63.0 Å². The molecule has 0 unspecified atom stereocenters. The lowest BCUT2D eigenvalue weighted by molar-refractivity contribution is 0.485. The van der Waals surface area contributed by atoms with Gasteiger partial charge >= 0.3 is 10.1 Å². The highest BCUT2D eigenvalue weighted by atomic mass is 79.9. The summed E-state index contributed by atoms with van der Waals surface area (Å²) in [6.07, 6.45) is 1.36. The number of nitrogens with zero attached hydrogens (tertiary/aromatic N) is 1. The summed E-state index contributed by atoms with van der Waals surface area (Å²) in [6.45, 7) is 0. The fourth-order valence-corrected chi connectivity index (χ4v) is 3.02. The molecule has 0 aliphatic rings. The molecule has 0 aliphatic carbocycles. The largest absolute Gasteiger partial charge is 0.378 e. The van der Waals surface area contributed by atoms with Crippen molar-refractivity contribution in [1.82, 2.24) is 5.43 Å². The van der Waals surface area contributed by atoms with Crippen LogP contribution in [0.4, 0.5) is 0 Å². The quantitative estimate of drug-likeness (QED) is 0.338. The molecule has 2 aromatic carbocycles. The first kappa shape index (κ1) is 17.4. The summed E-state index contributed by atoms with van der Waals surface area (Å²) in [5.74, 6) is 0.130. The molecule has 0 atom stereocenters. The van der Waals surface area contributed by atoms with Crippen molar-refractivity contribution in [2.75, 3.05) is 0 Å². The highest BCUT2D eigenvalue weighted by Gasteiger charge is 2.17. The molecule has 23 heavy (non-hydrogen) atoms. The molecule has 0 spiro atoms. The monoisotopic (exact) mass is 413 g/mol. The summed E-state index contributed by atoms with van der Waals surface area (Å²) >= 11 is 7.94. The van der Waals surface area contributed by atoms with E-state index in [0.717, 1.165) is 4.47 Å². The lowest BCUT2D eigenvalue weighted by atomic mass is 10.2. The number of nitrogens with one attached hydrogen (secondary N) is 1. The minimum atomic E-state index is -3.94. The maximum Gasteiger partial charge on any atom is 0.339 e. The van der Waals surface area contributed by atoms with Crippen molar-refractivity contribution >= 4 is 49.6 Å². The summed E-state index contributed by atoms with van der Waals surface area (Å²) in [6, 6.07) is 12.7. The van der Waals surface area contributed by atoms with Crippen molar-refractivity contribution in [2.24, 2.45) is 10.8 Å². The summed E-state index contributed by atoms with van der Waals surface area (Å²) < 4.78 is 30.5. The molecule has 0 fully saturated rings. The Morgan fingerprint density at radius 3 is 2.61 bits per heavy atom. The number of hydrogen-bond acceptors (Lipinski definition) is 5. The van der Waals surface area contributed by atoms with Gasteiger partial charge in [-0.2, -0.15) is 13.5 Å². The zero-order valence-electron chi connectivity index (χ0n) is 11.6. The zero-order chi connectivity index (χ0) is 16.9. The van der Waals surface area contributed by atoms with Crippen LogP contribution in [0.3, 0.4) is 0 Å². The molecule has 0 heterocycles. The number of benzene rings is 2. The van der Waals surface area contributed by atoms with Gasteiger partial charge in [-0.25, -0.2) is 0 Å². The Bertz CT molecular complexity index is 840. The highest BCUT2D eigenvalue weighted by molar-refractivity contribution is 9.10. The Kier molecular flexibility index (Phi) is 5.69. The first-order valence-corrected chi connectivity index (χ1v) is 8.87. The molecule has 0 aliphatic heterocycles. The number of hydrazone groups is 1. The zero-order valence-corrected chi connectivity index (χ0v) is 14.9. The van der Waals surface area contributed by atoms with E-state index in [1.54, 1.807) is 30.3 Å². The average molecular weight is 414 g/mol. The smallest absolute Gasteiger partial charge is 0.339 e. The molecule has 120 valence electrons. The van der Waals surface area contributed by atoms with E-state index in [4.69, 9.17) is 9.92 Å². The first-order valence-electron chi connectivity index (χ1n) is 6.26. The molecule has 0 amide bonds. The van der Waals surface area contributed by atoms with E-state index in [0.29, 0.717) is 5.56 Å². The van der Waals surface area contributed by atoms with Crippen LogP contribution < -0.4 is 15.3 Å². The third-order valence-electron chi connectivity index (χ3n) is 2.58. The molecule has 2 rings (SSSR count). The normalized spacial score (nSPS) is 11.3. The second-order valence-electron chi connectivity index (χ2n) is 4.27. The van der Waals surface area contributed by atoms with Gasteiger partial charge in [-0.3, -0.25) is 5.43 Å². The van der Waals surface area contributed by atoms with Gasteiger partial charge in [-0.05, 0) is 42.5 Å². The fourth-order valence-electron chi connectivity index (χ4n) is 1.62. The molecule has 0 bridgehead atoms. The topological polar surface area (TPSA) is 93.8 Å². The molecular weight excluding hydrogens is 402 g/mol. The van der Waals surface area contributed by atoms with Crippen molar-refractivity contribution in [3.63, 3.8) is 0 Å².